The van der Waals surface area contributed by atoms with Gasteiger partial charge >= 0.3 is 0 Å². The van der Waals surface area contributed by atoms with E-state index in [0.717, 1.165) is 5.56 Å². The first-order valence-electron chi connectivity index (χ1n) is 8.44. The third kappa shape index (κ3) is 6.91. The molecule has 2 rings (SSSR count). The predicted molar refractivity (Wildman–Crippen MR) is 119 cm³/mol. The summed E-state index contributed by atoms with van der Waals surface area (Å²) < 4.78 is 10.6. The van der Waals surface area contributed by atoms with E-state index < -0.39 is 6.10 Å². The zero-order chi connectivity index (χ0) is 18.9. The lowest BCUT2D eigenvalue weighted by Gasteiger charge is -2.21. The van der Waals surface area contributed by atoms with Gasteiger partial charge in [0.1, 0.15) is 11.5 Å². The topological polar surface area (TPSA) is 66.3 Å². The van der Waals surface area contributed by atoms with Crippen molar-refractivity contribution in [2.45, 2.75) is 12.6 Å². The Hall–Kier alpha value is -2.00. The number of aliphatic hydroxyl groups excluding tert-OH is 1. The standard InChI is InChI=1S/C20H27N3O3.HI/c1-23(2)20(21-13-15-8-6-5-7-9-15)22-14-18(24)17-12-16(25-3)10-11-19(17)26-4;/h5-12,18,24H,13-14H2,1-4H3,(H,21,22);1H. The Kier molecular flexibility index (Phi) is 9.95. The monoisotopic (exact) mass is 485 g/mol. The Bertz CT molecular complexity index is 724. The van der Waals surface area contributed by atoms with Crippen LogP contribution in [-0.2, 0) is 6.54 Å². The molecule has 0 heterocycles. The molecule has 2 N–H and O–H groups in total. The van der Waals surface area contributed by atoms with Gasteiger partial charge in [0.15, 0.2) is 5.96 Å². The molecule has 0 aliphatic carbocycles. The average Bonchev–Trinajstić information content (AvgIpc) is 2.67. The van der Waals surface area contributed by atoms with Crippen LogP contribution in [0.4, 0.5) is 0 Å². The molecule has 0 aromatic heterocycles. The number of aliphatic imine (C=N–C) groups is 1. The molecule has 0 fully saturated rings. The van der Waals surface area contributed by atoms with Crippen molar-refractivity contribution < 1.29 is 14.6 Å². The van der Waals surface area contributed by atoms with Gasteiger partial charge in [-0.3, -0.25) is 0 Å². The Morgan fingerprint density at radius 3 is 2.41 bits per heavy atom. The number of ether oxygens (including phenoxy) is 2. The van der Waals surface area contributed by atoms with Crippen LogP contribution in [0.25, 0.3) is 0 Å². The van der Waals surface area contributed by atoms with Crippen LogP contribution >= 0.6 is 24.0 Å². The van der Waals surface area contributed by atoms with Gasteiger partial charge in [-0.05, 0) is 23.8 Å². The van der Waals surface area contributed by atoms with Crippen LogP contribution < -0.4 is 14.8 Å². The SMILES string of the molecule is COc1ccc(OC)c(C(O)CNC(=NCc2ccccc2)N(C)C)c1.I. The Morgan fingerprint density at radius 1 is 1.11 bits per heavy atom. The van der Waals surface area contributed by atoms with Gasteiger partial charge in [0.2, 0.25) is 0 Å². The van der Waals surface area contributed by atoms with Crippen LogP contribution in [0.1, 0.15) is 17.2 Å². The second-order valence-corrected chi connectivity index (χ2v) is 6.02. The zero-order valence-corrected chi connectivity index (χ0v) is 18.5. The number of nitrogens with one attached hydrogen (secondary N) is 1. The number of aliphatic hydroxyl groups is 1. The number of nitrogens with zero attached hydrogens (tertiary/aromatic N) is 2. The molecule has 2 aromatic carbocycles. The summed E-state index contributed by atoms with van der Waals surface area (Å²) >= 11 is 0. The molecule has 0 saturated carbocycles. The number of hydrogen-bond donors (Lipinski definition) is 2. The Balaban J connectivity index is 0.00000364. The number of halogens is 1. The van der Waals surface area contributed by atoms with E-state index in [1.165, 1.54) is 0 Å². The van der Waals surface area contributed by atoms with Gasteiger partial charge in [-0.1, -0.05) is 30.3 Å². The minimum absolute atomic E-state index is 0. The van der Waals surface area contributed by atoms with Crippen LogP contribution in [0.3, 0.4) is 0 Å². The van der Waals surface area contributed by atoms with E-state index in [0.29, 0.717) is 36.1 Å². The van der Waals surface area contributed by atoms with E-state index in [9.17, 15) is 5.11 Å². The van der Waals surface area contributed by atoms with Crippen molar-refractivity contribution in [3.05, 3.63) is 59.7 Å². The predicted octanol–water partition coefficient (Wildman–Crippen LogP) is 3.06. The van der Waals surface area contributed by atoms with E-state index in [-0.39, 0.29) is 24.0 Å². The summed E-state index contributed by atoms with van der Waals surface area (Å²) in [5.74, 6) is 1.99. The van der Waals surface area contributed by atoms with E-state index in [4.69, 9.17) is 9.47 Å². The molecule has 27 heavy (non-hydrogen) atoms. The molecule has 0 amide bonds. The summed E-state index contributed by atoms with van der Waals surface area (Å²) in [7, 11) is 7.00. The molecule has 148 valence electrons. The first-order chi connectivity index (χ1) is 12.5. The normalized spacial score (nSPS) is 12.0. The fourth-order valence-corrected chi connectivity index (χ4v) is 2.50. The van der Waals surface area contributed by atoms with Gasteiger partial charge in [0.25, 0.3) is 0 Å². The van der Waals surface area contributed by atoms with Crippen molar-refractivity contribution in [3.63, 3.8) is 0 Å². The van der Waals surface area contributed by atoms with Gasteiger partial charge in [-0.25, -0.2) is 4.99 Å². The highest BCUT2D eigenvalue weighted by Gasteiger charge is 2.15. The van der Waals surface area contributed by atoms with Crippen molar-refractivity contribution in [3.8, 4) is 11.5 Å². The molecule has 0 aliphatic rings. The molecule has 2 aromatic rings. The number of guanidine groups is 1. The smallest absolute Gasteiger partial charge is 0.193 e. The highest BCUT2D eigenvalue weighted by Crippen LogP contribution is 2.29. The number of rotatable bonds is 7. The first-order valence-corrected chi connectivity index (χ1v) is 8.44. The van der Waals surface area contributed by atoms with E-state index >= 15 is 0 Å². The fraction of sp³-hybridized carbons (Fsp3) is 0.350. The maximum absolute atomic E-state index is 10.6. The highest BCUT2D eigenvalue weighted by molar-refractivity contribution is 14.0. The van der Waals surface area contributed by atoms with E-state index in [2.05, 4.69) is 10.3 Å². The van der Waals surface area contributed by atoms with Crippen LogP contribution in [0, 0.1) is 0 Å². The number of hydrogen-bond acceptors (Lipinski definition) is 4. The first kappa shape index (κ1) is 23.0. The van der Waals surface area contributed by atoms with Crippen molar-refractivity contribution in [2.24, 2.45) is 4.99 Å². The third-order valence-corrected chi connectivity index (χ3v) is 3.93. The molecule has 0 spiro atoms. The molecule has 0 bridgehead atoms. The van der Waals surface area contributed by atoms with Gasteiger partial charge in [0.05, 0.1) is 26.9 Å². The van der Waals surface area contributed by atoms with Crippen molar-refractivity contribution in [1.29, 1.82) is 0 Å². The molecular weight excluding hydrogens is 457 g/mol. The highest BCUT2D eigenvalue weighted by atomic mass is 127. The number of benzene rings is 2. The van der Waals surface area contributed by atoms with Crippen molar-refractivity contribution in [2.75, 3.05) is 34.9 Å². The van der Waals surface area contributed by atoms with E-state index in [1.54, 1.807) is 32.4 Å². The lowest BCUT2D eigenvalue weighted by atomic mass is 10.1. The summed E-state index contributed by atoms with van der Waals surface area (Å²) in [6.45, 7) is 0.870. The third-order valence-electron chi connectivity index (χ3n) is 3.93. The zero-order valence-electron chi connectivity index (χ0n) is 16.2. The van der Waals surface area contributed by atoms with E-state index in [1.807, 2.05) is 49.3 Å². The van der Waals surface area contributed by atoms with Crippen LogP contribution in [-0.4, -0.2) is 50.8 Å². The molecule has 0 aliphatic heterocycles. The lowest BCUT2D eigenvalue weighted by molar-refractivity contribution is 0.175. The molecular formula is C20H28IN3O3. The van der Waals surface area contributed by atoms with Crippen LogP contribution in [0.2, 0.25) is 0 Å². The average molecular weight is 485 g/mol. The van der Waals surface area contributed by atoms with Crippen molar-refractivity contribution in [1.82, 2.24) is 10.2 Å². The summed E-state index contributed by atoms with van der Waals surface area (Å²) in [5.41, 5.74) is 1.80. The van der Waals surface area contributed by atoms with Gasteiger partial charge < -0.3 is 24.8 Å². The molecule has 0 saturated heterocycles. The largest absolute Gasteiger partial charge is 0.497 e. The molecule has 1 unspecified atom stereocenters. The molecule has 7 heteroatoms. The van der Waals surface area contributed by atoms with Crippen molar-refractivity contribution >= 4 is 29.9 Å². The maximum Gasteiger partial charge on any atom is 0.193 e. The maximum atomic E-state index is 10.6. The van der Waals surface area contributed by atoms with Gasteiger partial charge in [-0.2, -0.15) is 0 Å². The Morgan fingerprint density at radius 2 is 1.81 bits per heavy atom. The Labute approximate surface area is 178 Å². The quantitative estimate of drug-likeness (QED) is 0.359. The summed E-state index contributed by atoms with van der Waals surface area (Å²) in [5, 5.41) is 13.8. The second-order valence-electron chi connectivity index (χ2n) is 6.02. The number of methoxy groups -OCH3 is 2. The summed E-state index contributed by atoms with van der Waals surface area (Å²) in [6, 6.07) is 15.4. The summed E-state index contributed by atoms with van der Waals surface area (Å²) in [4.78, 5) is 6.49. The minimum Gasteiger partial charge on any atom is -0.497 e. The van der Waals surface area contributed by atoms with Gasteiger partial charge in [0, 0.05) is 26.2 Å². The van der Waals surface area contributed by atoms with Gasteiger partial charge in [-0.15, -0.1) is 24.0 Å². The molecule has 6 nitrogen and oxygen atoms in total. The fourth-order valence-electron chi connectivity index (χ4n) is 2.50. The summed E-state index contributed by atoms with van der Waals surface area (Å²) in [6.07, 6.45) is -0.762. The van der Waals surface area contributed by atoms with Crippen LogP contribution in [0.5, 0.6) is 11.5 Å². The molecule has 0 radical (unpaired) electrons. The van der Waals surface area contributed by atoms with Crippen LogP contribution in [0.15, 0.2) is 53.5 Å². The lowest BCUT2D eigenvalue weighted by Crippen LogP contribution is -2.38. The second kappa shape index (κ2) is 11.7. The molecule has 1 atom stereocenters. The minimum atomic E-state index is -0.762.